The summed E-state index contributed by atoms with van der Waals surface area (Å²) in [4.78, 5) is 24.5. The van der Waals surface area contributed by atoms with Crippen LogP contribution in [0.5, 0.6) is 0 Å². The third kappa shape index (κ3) is 30.6. The zero-order valence-electron chi connectivity index (χ0n) is 27.2. The molecule has 0 aliphatic heterocycles. The minimum Gasteiger partial charge on any atom is -0.462 e. The van der Waals surface area contributed by atoms with Gasteiger partial charge in [0.1, 0.15) is 6.61 Å². The van der Waals surface area contributed by atoms with Crippen molar-refractivity contribution in [1.29, 1.82) is 0 Å². The van der Waals surface area contributed by atoms with E-state index in [4.69, 9.17) is 14.2 Å². The molecule has 0 aromatic carbocycles. The molecule has 0 N–H and O–H groups in total. The van der Waals surface area contributed by atoms with E-state index in [9.17, 15) is 9.59 Å². The van der Waals surface area contributed by atoms with Crippen molar-refractivity contribution in [3.05, 3.63) is 60.8 Å². The van der Waals surface area contributed by atoms with Crippen LogP contribution in [0.1, 0.15) is 136 Å². The lowest BCUT2D eigenvalue weighted by atomic mass is 10.1. The topological polar surface area (TPSA) is 61.8 Å². The lowest BCUT2D eigenvalue weighted by Crippen LogP contribution is -2.30. The van der Waals surface area contributed by atoms with Gasteiger partial charge in [-0.1, -0.05) is 133 Å². The van der Waals surface area contributed by atoms with E-state index in [0.29, 0.717) is 19.4 Å². The fraction of sp³-hybridized carbons (Fsp3) is 0.676. The van der Waals surface area contributed by atoms with Crippen LogP contribution in [0.25, 0.3) is 0 Å². The molecule has 0 spiro atoms. The van der Waals surface area contributed by atoms with E-state index in [1.165, 1.54) is 25.7 Å². The number of carbonyl (C=O) groups is 2. The summed E-state index contributed by atoms with van der Waals surface area (Å²) < 4.78 is 16.8. The molecule has 5 nitrogen and oxygen atoms in total. The summed E-state index contributed by atoms with van der Waals surface area (Å²) >= 11 is 0. The summed E-state index contributed by atoms with van der Waals surface area (Å²) in [6.07, 6.45) is 38.5. The smallest absolute Gasteiger partial charge is 0.306 e. The number of carbonyl (C=O) groups excluding carboxylic acids is 2. The van der Waals surface area contributed by atoms with Gasteiger partial charge >= 0.3 is 11.9 Å². The van der Waals surface area contributed by atoms with E-state index in [1.54, 1.807) is 0 Å². The molecule has 5 heteroatoms. The second-order valence-electron chi connectivity index (χ2n) is 10.7. The Morgan fingerprint density at radius 2 is 1.02 bits per heavy atom. The number of unbranched alkanes of at least 4 members (excludes halogenated alkanes) is 8. The van der Waals surface area contributed by atoms with E-state index in [0.717, 1.165) is 77.0 Å². The average Bonchev–Trinajstić information content (AvgIpc) is 2.98. The molecule has 0 amide bonds. The van der Waals surface area contributed by atoms with Crippen molar-refractivity contribution in [2.75, 3.05) is 19.8 Å². The van der Waals surface area contributed by atoms with Gasteiger partial charge in [-0.25, -0.2) is 0 Å². The van der Waals surface area contributed by atoms with Crippen LogP contribution in [-0.4, -0.2) is 37.9 Å². The first-order chi connectivity index (χ1) is 20.6. The van der Waals surface area contributed by atoms with Gasteiger partial charge in [-0.2, -0.15) is 0 Å². The van der Waals surface area contributed by atoms with Crippen molar-refractivity contribution in [3.63, 3.8) is 0 Å². The minimum atomic E-state index is -0.564. The van der Waals surface area contributed by atoms with Crippen LogP contribution in [0.15, 0.2) is 60.8 Å². The third-order valence-electron chi connectivity index (χ3n) is 6.59. The van der Waals surface area contributed by atoms with Gasteiger partial charge in [0.05, 0.1) is 13.2 Å². The van der Waals surface area contributed by atoms with Crippen molar-refractivity contribution in [3.8, 4) is 0 Å². The van der Waals surface area contributed by atoms with Crippen molar-refractivity contribution < 1.29 is 23.8 Å². The van der Waals surface area contributed by atoms with E-state index in [1.807, 2.05) is 0 Å². The Bertz CT molecular complexity index is 762. The molecule has 0 aromatic heterocycles. The Labute approximate surface area is 258 Å². The Morgan fingerprint density at radius 1 is 0.548 bits per heavy atom. The normalized spacial score (nSPS) is 12.9. The maximum Gasteiger partial charge on any atom is 0.306 e. The molecular weight excluding hydrogens is 524 g/mol. The van der Waals surface area contributed by atoms with Crippen LogP contribution in [0.4, 0.5) is 0 Å². The summed E-state index contributed by atoms with van der Waals surface area (Å²) in [5, 5.41) is 0. The van der Waals surface area contributed by atoms with Gasteiger partial charge in [-0.3, -0.25) is 9.59 Å². The van der Waals surface area contributed by atoms with Crippen molar-refractivity contribution in [2.24, 2.45) is 0 Å². The maximum atomic E-state index is 12.4. The first-order valence-electron chi connectivity index (χ1n) is 16.8. The number of ether oxygens (including phenoxy) is 3. The van der Waals surface area contributed by atoms with Crippen molar-refractivity contribution >= 4 is 11.9 Å². The Morgan fingerprint density at radius 3 is 1.55 bits per heavy atom. The SMILES string of the molecule is CC/C=C\C/C=C\C/C=C\C/C=C\C/C=C\CCOCC(COC(=O)CCCCCCC)OC(=O)CCCCCCC. The van der Waals surface area contributed by atoms with Crippen molar-refractivity contribution in [1.82, 2.24) is 0 Å². The lowest BCUT2D eigenvalue weighted by molar-refractivity contribution is -0.162. The molecule has 0 heterocycles. The highest BCUT2D eigenvalue weighted by Gasteiger charge is 2.17. The highest BCUT2D eigenvalue weighted by atomic mass is 16.6. The minimum absolute atomic E-state index is 0.0526. The first-order valence-corrected chi connectivity index (χ1v) is 16.8. The molecule has 0 fully saturated rings. The van der Waals surface area contributed by atoms with Crippen LogP contribution in [0.2, 0.25) is 0 Å². The van der Waals surface area contributed by atoms with Gasteiger partial charge in [-0.05, 0) is 51.4 Å². The molecule has 0 aliphatic carbocycles. The Hall–Kier alpha value is -2.40. The number of hydrogen-bond donors (Lipinski definition) is 0. The predicted molar refractivity (Wildman–Crippen MR) is 177 cm³/mol. The summed E-state index contributed by atoms with van der Waals surface area (Å²) in [5.41, 5.74) is 0. The molecule has 1 atom stereocenters. The van der Waals surface area contributed by atoms with E-state index in [-0.39, 0.29) is 25.2 Å². The highest BCUT2D eigenvalue weighted by molar-refractivity contribution is 5.70. The Balaban J connectivity index is 4.23. The number of hydrogen-bond acceptors (Lipinski definition) is 5. The first kappa shape index (κ1) is 39.6. The molecule has 0 rings (SSSR count). The van der Waals surface area contributed by atoms with E-state index in [2.05, 4.69) is 81.5 Å². The third-order valence-corrected chi connectivity index (χ3v) is 6.59. The molecule has 0 radical (unpaired) electrons. The maximum absolute atomic E-state index is 12.4. The van der Waals surface area contributed by atoms with Crippen LogP contribution in [-0.2, 0) is 23.8 Å². The van der Waals surface area contributed by atoms with Crippen molar-refractivity contribution in [2.45, 2.75) is 142 Å². The zero-order valence-corrected chi connectivity index (χ0v) is 27.2. The fourth-order valence-corrected chi connectivity index (χ4v) is 4.10. The number of rotatable bonds is 29. The highest BCUT2D eigenvalue weighted by Crippen LogP contribution is 2.09. The van der Waals surface area contributed by atoms with Gasteiger partial charge < -0.3 is 14.2 Å². The molecule has 0 aromatic rings. The number of allylic oxidation sites excluding steroid dienone is 9. The lowest BCUT2D eigenvalue weighted by Gasteiger charge is -2.18. The molecule has 0 saturated carbocycles. The van der Waals surface area contributed by atoms with Gasteiger partial charge in [-0.15, -0.1) is 0 Å². The molecule has 42 heavy (non-hydrogen) atoms. The average molecular weight is 587 g/mol. The van der Waals surface area contributed by atoms with Crippen LogP contribution in [0, 0.1) is 0 Å². The van der Waals surface area contributed by atoms with E-state index >= 15 is 0 Å². The molecule has 0 bridgehead atoms. The largest absolute Gasteiger partial charge is 0.462 e. The molecular formula is C37H62O5. The zero-order chi connectivity index (χ0) is 30.8. The molecule has 240 valence electrons. The summed E-state index contributed by atoms with van der Waals surface area (Å²) in [6.45, 7) is 7.31. The summed E-state index contributed by atoms with van der Waals surface area (Å²) in [5.74, 6) is -0.473. The summed E-state index contributed by atoms with van der Waals surface area (Å²) in [7, 11) is 0. The molecule has 0 saturated heterocycles. The molecule has 1 unspecified atom stereocenters. The van der Waals surface area contributed by atoms with Gasteiger partial charge in [0.15, 0.2) is 6.10 Å². The Kier molecular flexibility index (Phi) is 31.2. The molecule has 0 aliphatic rings. The van der Waals surface area contributed by atoms with Gasteiger partial charge in [0, 0.05) is 12.8 Å². The fourth-order valence-electron chi connectivity index (χ4n) is 4.10. The van der Waals surface area contributed by atoms with Gasteiger partial charge in [0.2, 0.25) is 0 Å². The van der Waals surface area contributed by atoms with Crippen LogP contribution >= 0.6 is 0 Å². The quantitative estimate of drug-likeness (QED) is 0.0496. The van der Waals surface area contributed by atoms with Crippen LogP contribution < -0.4 is 0 Å². The number of esters is 2. The van der Waals surface area contributed by atoms with Crippen LogP contribution in [0.3, 0.4) is 0 Å². The predicted octanol–water partition coefficient (Wildman–Crippen LogP) is 10.3. The standard InChI is InChI=1S/C37H62O5/c1-4-7-10-13-14-15-16-17-18-19-20-21-22-23-26-29-32-40-33-35(42-37(39)31-28-25-12-9-6-3)34-41-36(38)30-27-24-11-8-5-2/h7,10,14-15,17-18,20-21,23,26,35H,4-6,8-9,11-13,16,19,22,24-25,27-34H2,1-3H3/b10-7-,15-14-,18-17-,21-20-,26-23-. The second-order valence-corrected chi connectivity index (χ2v) is 10.7. The summed E-state index contributed by atoms with van der Waals surface area (Å²) in [6, 6.07) is 0. The van der Waals surface area contributed by atoms with Gasteiger partial charge in [0.25, 0.3) is 0 Å². The second kappa shape index (κ2) is 33.1. The monoisotopic (exact) mass is 586 g/mol. The van der Waals surface area contributed by atoms with E-state index < -0.39 is 6.10 Å².